The molecule has 22 heavy (non-hydrogen) atoms. The summed E-state index contributed by atoms with van der Waals surface area (Å²) in [4.78, 5) is 24.0. The van der Waals surface area contributed by atoms with Gasteiger partial charge in [0.2, 0.25) is 4.73 Å². The van der Waals surface area contributed by atoms with Crippen molar-refractivity contribution in [3.8, 4) is 0 Å². The number of nitrogens with zero attached hydrogens (tertiary/aromatic N) is 3. The second-order valence-electron chi connectivity index (χ2n) is 4.61. The Kier molecular flexibility index (Phi) is 5.42. The first-order chi connectivity index (χ1) is 10.4. The molecule has 2 aromatic rings. The molecule has 0 aliphatic rings. The highest BCUT2D eigenvalue weighted by atomic mass is 79.9. The fourth-order valence-electron chi connectivity index (χ4n) is 1.99. The molecule has 118 valence electrons. The van der Waals surface area contributed by atoms with Crippen molar-refractivity contribution < 1.29 is 9.53 Å². The molecule has 0 aliphatic heterocycles. The van der Waals surface area contributed by atoms with Gasteiger partial charge in [-0.3, -0.25) is 9.36 Å². The van der Waals surface area contributed by atoms with Crippen LogP contribution < -0.4 is 5.69 Å². The molecule has 0 unspecified atom stereocenters. The fourth-order valence-corrected chi connectivity index (χ4v) is 2.57. The second kappa shape index (κ2) is 7.11. The van der Waals surface area contributed by atoms with Gasteiger partial charge >= 0.3 is 11.7 Å². The molecule has 0 bridgehead atoms. The van der Waals surface area contributed by atoms with E-state index in [1.165, 1.54) is 9.25 Å². The average molecular weight is 389 g/mol. The molecule has 0 amide bonds. The number of halogens is 2. The first kappa shape index (κ1) is 16.8. The molecule has 0 radical (unpaired) electrons. The SMILES string of the molecule is CCOC(=O)Cn1c(Br)nn([C@H](C)c2ccc(Cl)cc2)c1=O. The number of benzene rings is 1. The standard InChI is InChI=1S/C14H15BrClN3O3/c1-3-22-12(20)8-18-13(15)17-19(14(18)21)9(2)10-4-6-11(16)7-5-10/h4-7,9H,3,8H2,1-2H3/t9-/m1/s1. The van der Waals surface area contributed by atoms with Crippen molar-refractivity contribution in [3.05, 3.63) is 50.1 Å². The Morgan fingerprint density at radius 1 is 1.41 bits per heavy atom. The third-order valence-electron chi connectivity index (χ3n) is 3.15. The van der Waals surface area contributed by atoms with Crippen molar-refractivity contribution >= 4 is 33.5 Å². The van der Waals surface area contributed by atoms with Crippen LogP contribution in [0, 0.1) is 0 Å². The normalized spacial score (nSPS) is 12.2. The number of rotatable bonds is 5. The van der Waals surface area contributed by atoms with Crippen LogP contribution in [-0.4, -0.2) is 26.9 Å². The summed E-state index contributed by atoms with van der Waals surface area (Å²) >= 11 is 9.06. The Labute approximate surface area is 140 Å². The van der Waals surface area contributed by atoms with E-state index in [1.54, 1.807) is 19.1 Å². The van der Waals surface area contributed by atoms with Gasteiger partial charge in [0.25, 0.3) is 0 Å². The zero-order valence-corrected chi connectivity index (χ0v) is 14.5. The molecule has 0 fully saturated rings. The molecule has 1 heterocycles. The zero-order valence-electron chi connectivity index (χ0n) is 12.1. The Morgan fingerprint density at radius 2 is 2.05 bits per heavy atom. The summed E-state index contributed by atoms with van der Waals surface area (Å²) in [5.74, 6) is -0.482. The van der Waals surface area contributed by atoms with E-state index in [-0.39, 0.29) is 29.6 Å². The van der Waals surface area contributed by atoms with Crippen LogP contribution in [0.4, 0.5) is 0 Å². The molecule has 1 atom stereocenters. The topological polar surface area (TPSA) is 66.1 Å². The zero-order chi connectivity index (χ0) is 16.3. The van der Waals surface area contributed by atoms with Crippen molar-refractivity contribution in [1.82, 2.24) is 14.3 Å². The van der Waals surface area contributed by atoms with E-state index in [0.717, 1.165) is 5.56 Å². The van der Waals surface area contributed by atoms with Gasteiger partial charge in [0.1, 0.15) is 6.54 Å². The molecule has 0 saturated heterocycles. The monoisotopic (exact) mass is 387 g/mol. The number of carbonyl (C=O) groups excluding carboxylic acids is 1. The van der Waals surface area contributed by atoms with Crippen LogP contribution in [0.5, 0.6) is 0 Å². The number of hydrogen-bond acceptors (Lipinski definition) is 4. The molecule has 0 aliphatic carbocycles. The van der Waals surface area contributed by atoms with E-state index in [4.69, 9.17) is 16.3 Å². The predicted octanol–water partition coefficient (Wildman–Crippen LogP) is 2.63. The van der Waals surface area contributed by atoms with Gasteiger partial charge in [-0.15, -0.1) is 5.10 Å². The maximum Gasteiger partial charge on any atom is 0.347 e. The van der Waals surface area contributed by atoms with Crippen LogP contribution in [0.25, 0.3) is 0 Å². The quantitative estimate of drug-likeness (QED) is 0.739. The third-order valence-corrected chi connectivity index (χ3v) is 3.99. The van der Waals surface area contributed by atoms with E-state index >= 15 is 0 Å². The minimum Gasteiger partial charge on any atom is -0.465 e. The molecule has 0 spiro atoms. The molecule has 0 N–H and O–H groups in total. The molecule has 8 heteroatoms. The summed E-state index contributed by atoms with van der Waals surface area (Å²) < 4.78 is 7.67. The van der Waals surface area contributed by atoms with Gasteiger partial charge in [0.05, 0.1) is 12.6 Å². The van der Waals surface area contributed by atoms with Crippen LogP contribution >= 0.6 is 27.5 Å². The van der Waals surface area contributed by atoms with Crippen LogP contribution in [0.1, 0.15) is 25.5 Å². The summed E-state index contributed by atoms with van der Waals surface area (Å²) in [7, 11) is 0. The van der Waals surface area contributed by atoms with E-state index in [1.807, 2.05) is 19.1 Å². The van der Waals surface area contributed by atoms with Crippen LogP contribution in [0.2, 0.25) is 5.02 Å². The summed E-state index contributed by atoms with van der Waals surface area (Å²) in [6, 6.07) is 6.88. The lowest BCUT2D eigenvalue weighted by Gasteiger charge is -2.11. The molecule has 6 nitrogen and oxygen atoms in total. The molecule has 0 saturated carbocycles. The average Bonchev–Trinajstić information content (AvgIpc) is 2.76. The van der Waals surface area contributed by atoms with Gasteiger partial charge in [0.15, 0.2) is 0 Å². The Hall–Kier alpha value is -1.60. The predicted molar refractivity (Wildman–Crippen MR) is 86.1 cm³/mol. The van der Waals surface area contributed by atoms with E-state index in [0.29, 0.717) is 5.02 Å². The number of carbonyl (C=O) groups is 1. The van der Waals surface area contributed by atoms with E-state index in [9.17, 15) is 9.59 Å². The molecule has 2 rings (SSSR count). The van der Waals surface area contributed by atoms with Gasteiger partial charge in [-0.2, -0.15) is 0 Å². The van der Waals surface area contributed by atoms with Crippen LogP contribution in [0.3, 0.4) is 0 Å². The summed E-state index contributed by atoms with van der Waals surface area (Å²) in [5.41, 5.74) is 0.502. The van der Waals surface area contributed by atoms with Gasteiger partial charge in [-0.1, -0.05) is 23.7 Å². The second-order valence-corrected chi connectivity index (χ2v) is 5.76. The lowest BCUT2D eigenvalue weighted by atomic mass is 10.1. The maximum absolute atomic E-state index is 12.4. The van der Waals surface area contributed by atoms with Crippen LogP contribution in [0.15, 0.2) is 33.8 Å². The largest absolute Gasteiger partial charge is 0.465 e. The third kappa shape index (κ3) is 3.59. The summed E-state index contributed by atoms with van der Waals surface area (Å²) in [6.07, 6.45) is 0. The first-order valence-corrected chi connectivity index (χ1v) is 7.87. The Balaban J connectivity index is 2.31. The Morgan fingerprint density at radius 3 is 2.64 bits per heavy atom. The highest BCUT2D eigenvalue weighted by molar-refractivity contribution is 9.10. The molecular formula is C14H15BrClN3O3. The van der Waals surface area contributed by atoms with Crippen molar-refractivity contribution in [2.75, 3.05) is 6.61 Å². The molecule has 1 aromatic heterocycles. The number of ether oxygens (including phenoxy) is 1. The van der Waals surface area contributed by atoms with Crippen molar-refractivity contribution in [2.24, 2.45) is 0 Å². The van der Waals surface area contributed by atoms with E-state index < -0.39 is 5.97 Å². The van der Waals surface area contributed by atoms with Crippen molar-refractivity contribution in [1.29, 1.82) is 0 Å². The smallest absolute Gasteiger partial charge is 0.347 e. The summed E-state index contributed by atoms with van der Waals surface area (Å²) in [5, 5.41) is 4.79. The van der Waals surface area contributed by atoms with Gasteiger partial charge in [0, 0.05) is 5.02 Å². The van der Waals surface area contributed by atoms with Crippen LogP contribution in [-0.2, 0) is 16.1 Å². The lowest BCUT2D eigenvalue weighted by Crippen LogP contribution is -2.30. The minimum absolute atomic E-state index is 0.180. The highest BCUT2D eigenvalue weighted by Gasteiger charge is 2.19. The van der Waals surface area contributed by atoms with Gasteiger partial charge < -0.3 is 4.74 Å². The van der Waals surface area contributed by atoms with Crippen molar-refractivity contribution in [2.45, 2.75) is 26.4 Å². The highest BCUT2D eigenvalue weighted by Crippen LogP contribution is 2.19. The number of hydrogen-bond donors (Lipinski definition) is 0. The number of esters is 1. The van der Waals surface area contributed by atoms with Gasteiger partial charge in [-0.25, -0.2) is 9.48 Å². The number of aromatic nitrogens is 3. The van der Waals surface area contributed by atoms with Crippen molar-refractivity contribution in [3.63, 3.8) is 0 Å². The minimum atomic E-state index is -0.482. The first-order valence-electron chi connectivity index (χ1n) is 6.70. The Bertz CT molecular complexity index is 724. The summed E-state index contributed by atoms with van der Waals surface area (Å²) in [6.45, 7) is 3.64. The fraction of sp³-hybridized carbons (Fsp3) is 0.357. The molecular weight excluding hydrogens is 374 g/mol. The maximum atomic E-state index is 12.4. The lowest BCUT2D eigenvalue weighted by molar-refractivity contribution is -0.143. The molecule has 1 aromatic carbocycles. The van der Waals surface area contributed by atoms with Gasteiger partial charge in [-0.05, 0) is 47.5 Å². The van der Waals surface area contributed by atoms with E-state index in [2.05, 4.69) is 21.0 Å².